The molecule has 1 heterocycles. The molecule has 1 radical (unpaired) electrons. The molecular weight excluding hydrogens is 378 g/mol. The monoisotopic (exact) mass is 387 g/mol. The van der Waals surface area contributed by atoms with Gasteiger partial charge in [-0.2, -0.15) is 12.7 Å². The second-order valence-electron chi connectivity index (χ2n) is 3.00. The van der Waals surface area contributed by atoms with Gasteiger partial charge in [-0.3, -0.25) is 8.78 Å². The molecule has 0 N–H and O–H groups in total. The zero-order valence-corrected chi connectivity index (χ0v) is 10.3. The van der Waals surface area contributed by atoms with E-state index in [-0.39, 0.29) is 25.8 Å². The van der Waals surface area contributed by atoms with Crippen LogP contribution >= 0.6 is 0 Å². The van der Waals surface area contributed by atoms with Gasteiger partial charge in [0, 0.05) is 31.7 Å². The van der Waals surface area contributed by atoms with Crippen molar-refractivity contribution in [2.75, 3.05) is 11.9 Å². The number of rotatable bonds is 1. The van der Waals surface area contributed by atoms with E-state index in [1.165, 1.54) is 4.90 Å². The Bertz CT molecular complexity index is 382. The second kappa shape index (κ2) is 4.73. The summed E-state index contributed by atoms with van der Waals surface area (Å²) in [6, 6.07) is 4.48. The smallest absolute Gasteiger partial charge is 0.0316 e. The summed E-state index contributed by atoms with van der Waals surface area (Å²) in [6.07, 6.45) is 3.43. The molecule has 5 heteroatoms. The summed E-state index contributed by atoms with van der Waals surface area (Å²) in [5.41, 5.74) is 0.215. The molecule has 0 saturated heterocycles. The van der Waals surface area contributed by atoms with Crippen LogP contribution in [0.5, 0.6) is 0 Å². The van der Waals surface area contributed by atoms with Gasteiger partial charge in [-0.25, -0.2) is 0 Å². The molecule has 15 heavy (non-hydrogen) atoms. The predicted octanol–water partition coefficient (Wildman–Crippen LogP) is 2.10. The van der Waals surface area contributed by atoms with Crippen LogP contribution in [0.4, 0.5) is 14.5 Å². The van der Waals surface area contributed by atoms with Gasteiger partial charge in [0.05, 0.1) is 0 Å². The Hall–Kier alpha value is -0.931. The Morgan fingerprint density at radius 2 is 2.07 bits per heavy atom. The van der Waals surface area contributed by atoms with E-state index in [0.717, 1.165) is 12.1 Å². The van der Waals surface area contributed by atoms with Gasteiger partial charge in [0.25, 0.3) is 0 Å². The van der Waals surface area contributed by atoms with Gasteiger partial charge in [0.1, 0.15) is 0 Å². The molecule has 1 aromatic carbocycles. The first-order valence-corrected chi connectivity index (χ1v) is 4.07. The van der Waals surface area contributed by atoms with Gasteiger partial charge in [-0.15, -0.1) is 12.1 Å². The third kappa shape index (κ3) is 2.55. The van der Waals surface area contributed by atoms with E-state index in [1.54, 1.807) is 24.0 Å². The molecule has 0 aromatic heterocycles. The minimum Gasteiger partial charge on any atom is -0.510 e. The van der Waals surface area contributed by atoms with Gasteiger partial charge in [0.15, 0.2) is 0 Å². The molecule has 0 bridgehead atoms. The maximum absolute atomic E-state index is 13.2. The summed E-state index contributed by atoms with van der Waals surface area (Å²) in [6.45, 7) is 1.67. The van der Waals surface area contributed by atoms with Crippen molar-refractivity contribution in [3.8, 4) is 0 Å². The Balaban J connectivity index is 0.00000112. The zero-order chi connectivity index (χ0) is 10.1. The number of nitrogens with zero attached hydrogens (tertiary/aromatic N) is 2. The van der Waals surface area contributed by atoms with Crippen LogP contribution in [0.1, 0.15) is 0 Å². The van der Waals surface area contributed by atoms with Gasteiger partial charge >= 0.3 is 0 Å². The van der Waals surface area contributed by atoms with Crippen LogP contribution in [0, 0.1) is 24.4 Å². The standard InChI is InChI=1S/C10H8F2N2.Ir/c1-13-4-5-14(7-13)10-3-2-8(11)6-9(10)12;/h2,4-7H,1H3;/q-2;. The average Bonchev–Trinajstić information content (AvgIpc) is 2.51. The van der Waals surface area contributed by atoms with Gasteiger partial charge < -0.3 is 9.80 Å². The molecule has 83 valence electrons. The maximum atomic E-state index is 13.2. The molecule has 0 aliphatic carbocycles. The molecular formula is C10H8F2IrN2-2. The first-order chi connectivity index (χ1) is 6.66. The summed E-state index contributed by atoms with van der Waals surface area (Å²) in [4.78, 5) is 3.30. The fourth-order valence-electron chi connectivity index (χ4n) is 1.22. The normalized spacial score (nSPS) is 14.3. The van der Waals surface area contributed by atoms with E-state index in [0.29, 0.717) is 0 Å². The van der Waals surface area contributed by atoms with Crippen LogP contribution in [0.2, 0.25) is 0 Å². The maximum Gasteiger partial charge on any atom is 0.0316 e. The largest absolute Gasteiger partial charge is 0.510 e. The average molecular weight is 386 g/mol. The van der Waals surface area contributed by atoms with Crippen molar-refractivity contribution in [1.29, 1.82) is 0 Å². The van der Waals surface area contributed by atoms with E-state index in [2.05, 4.69) is 6.07 Å². The molecule has 0 spiro atoms. The molecule has 1 aliphatic rings. The van der Waals surface area contributed by atoms with Gasteiger partial charge in [0.2, 0.25) is 0 Å². The minimum absolute atomic E-state index is 0. The Labute approximate surface area is 101 Å². The minimum atomic E-state index is -0.624. The first kappa shape index (κ1) is 12.1. The van der Waals surface area contributed by atoms with E-state index in [4.69, 9.17) is 0 Å². The van der Waals surface area contributed by atoms with Crippen molar-refractivity contribution in [2.24, 2.45) is 0 Å². The Morgan fingerprint density at radius 1 is 1.33 bits per heavy atom. The summed E-state index contributed by atoms with van der Waals surface area (Å²) in [5.74, 6) is -1.25. The van der Waals surface area contributed by atoms with E-state index in [9.17, 15) is 8.78 Å². The van der Waals surface area contributed by atoms with Crippen molar-refractivity contribution in [1.82, 2.24) is 4.90 Å². The quantitative estimate of drug-likeness (QED) is 0.683. The Morgan fingerprint density at radius 3 is 2.60 bits per heavy atom. The molecule has 2 rings (SSSR count). The van der Waals surface area contributed by atoms with Crippen LogP contribution in [-0.4, -0.2) is 11.9 Å². The molecule has 0 amide bonds. The van der Waals surface area contributed by atoms with Crippen molar-refractivity contribution >= 4 is 5.69 Å². The van der Waals surface area contributed by atoms with E-state index >= 15 is 0 Å². The number of anilines is 1. The number of benzene rings is 1. The first-order valence-electron chi connectivity index (χ1n) is 4.07. The third-order valence-electron chi connectivity index (χ3n) is 1.86. The van der Waals surface area contributed by atoms with E-state index < -0.39 is 11.6 Å². The molecule has 0 saturated carbocycles. The van der Waals surface area contributed by atoms with Crippen LogP contribution in [0.15, 0.2) is 24.5 Å². The van der Waals surface area contributed by atoms with E-state index in [1.807, 2.05) is 7.05 Å². The summed E-state index contributed by atoms with van der Waals surface area (Å²) >= 11 is 0. The second-order valence-corrected chi connectivity index (χ2v) is 3.00. The number of halogens is 2. The predicted molar refractivity (Wildman–Crippen MR) is 48.9 cm³/mol. The fraction of sp³-hybridized carbons (Fsp3) is 0.100. The topological polar surface area (TPSA) is 6.48 Å². The summed E-state index contributed by atoms with van der Waals surface area (Å²) < 4.78 is 25.8. The molecule has 1 aromatic rings. The molecule has 0 fully saturated rings. The molecule has 2 nitrogen and oxygen atoms in total. The molecule has 0 atom stereocenters. The molecule has 1 aliphatic heterocycles. The molecule has 0 unspecified atom stereocenters. The summed E-state index contributed by atoms with van der Waals surface area (Å²) in [7, 11) is 1.82. The van der Waals surface area contributed by atoms with Crippen molar-refractivity contribution < 1.29 is 28.9 Å². The van der Waals surface area contributed by atoms with Crippen LogP contribution in [-0.2, 0) is 20.1 Å². The SMILES string of the molecule is CN1C=CN(c2[c-]cc(F)cc2F)[CH-]1.[Ir]. The Kier molecular flexibility index (Phi) is 3.83. The van der Waals surface area contributed by atoms with Crippen LogP contribution < -0.4 is 4.90 Å². The van der Waals surface area contributed by atoms with Crippen LogP contribution in [0.25, 0.3) is 0 Å². The summed E-state index contributed by atoms with van der Waals surface area (Å²) in [5, 5.41) is 0. The van der Waals surface area contributed by atoms with Crippen molar-refractivity contribution in [2.45, 2.75) is 0 Å². The van der Waals surface area contributed by atoms with Gasteiger partial charge in [-0.05, 0) is 19.4 Å². The zero-order valence-electron chi connectivity index (χ0n) is 7.87. The third-order valence-corrected chi connectivity index (χ3v) is 1.86. The van der Waals surface area contributed by atoms with Gasteiger partial charge in [-0.1, -0.05) is 5.69 Å². The number of hydrogen-bond donors (Lipinski definition) is 0. The van der Waals surface area contributed by atoms with Crippen LogP contribution in [0.3, 0.4) is 0 Å². The van der Waals surface area contributed by atoms with Crippen molar-refractivity contribution in [3.63, 3.8) is 0 Å². The van der Waals surface area contributed by atoms with Crippen molar-refractivity contribution in [3.05, 3.63) is 48.9 Å². The number of hydrogen-bond acceptors (Lipinski definition) is 2. The fourth-order valence-corrected chi connectivity index (χ4v) is 1.22.